The number of para-hydroxylation sites is 1. The number of esters is 1. The highest BCUT2D eigenvalue weighted by Crippen LogP contribution is 2.32. The lowest BCUT2D eigenvalue weighted by atomic mass is 9.95. The number of nitro groups is 1. The van der Waals surface area contributed by atoms with Crippen LogP contribution in [0.5, 0.6) is 0 Å². The lowest BCUT2D eigenvalue weighted by molar-refractivity contribution is -0.384. The van der Waals surface area contributed by atoms with E-state index in [9.17, 15) is 19.7 Å². The Morgan fingerprint density at radius 3 is 2.48 bits per heavy atom. The van der Waals surface area contributed by atoms with Gasteiger partial charge in [-0.2, -0.15) is 0 Å². The van der Waals surface area contributed by atoms with Gasteiger partial charge in [-0.05, 0) is 29.7 Å². The topological polar surface area (TPSA) is 109 Å². The molecule has 42 heavy (non-hydrogen) atoms. The van der Waals surface area contributed by atoms with Crippen molar-refractivity contribution in [2.45, 2.75) is 25.9 Å². The second-order valence-corrected chi connectivity index (χ2v) is 10.9. The maximum atomic E-state index is 14.0. The van der Waals surface area contributed by atoms with Gasteiger partial charge < -0.3 is 9.30 Å². The predicted molar refractivity (Wildman–Crippen MR) is 161 cm³/mol. The zero-order valence-electron chi connectivity index (χ0n) is 22.9. The predicted octanol–water partition coefficient (Wildman–Crippen LogP) is 4.71. The van der Waals surface area contributed by atoms with Gasteiger partial charge in [-0.15, -0.1) is 0 Å². The average Bonchev–Trinajstić information content (AvgIpc) is 3.52. The third kappa shape index (κ3) is 4.75. The zero-order chi connectivity index (χ0) is 29.4. The molecule has 9 nitrogen and oxygen atoms in total. The van der Waals surface area contributed by atoms with Crippen molar-refractivity contribution in [1.82, 2.24) is 9.13 Å². The molecule has 6 rings (SSSR count). The van der Waals surface area contributed by atoms with Gasteiger partial charge in [-0.25, -0.2) is 9.79 Å². The van der Waals surface area contributed by atoms with Gasteiger partial charge in [-0.3, -0.25) is 19.5 Å². The Morgan fingerprint density at radius 1 is 1.07 bits per heavy atom. The first kappa shape index (κ1) is 27.1. The molecule has 210 valence electrons. The quantitative estimate of drug-likeness (QED) is 0.158. The van der Waals surface area contributed by atoms with Crippen LogP contribution in [0.15, 0.2) is 106 Å². The van der Waals surface area contributed by atoms with Crippen molar-refractivity contribution < 1.29 is 14.5 Å². The first-order valence-corrected chi connectivity index (χ1v) is 14.2. The smallest absolute Gasteiger partial charge is 0.338 e. The van der Waals surface area contributed by atoms with Gasteiger partial charge in [0.2, 0.25) is 0 Å². The SMILES string of the molecule is CCC1=C(C(=O)OC)[C@@H](c2ccccc2)n2c(s/c(=C/c3cn(Cc4ccc([N+](=O)[O-])cc4)c4ccccc34)c2=O)=N1. The van der Waals surface area contributed by atoms with Crippen LogP contribution in [0.25, 0.3) is 17.0 Å². The lowest BCUT2D eigenvalue weighted by Gasteiger charge is -2.25. The van der Waals surface area contributed by atoms with Gasteiger partial charge in [0.15, 0.2) is 4.80 Å². The molecule has 0 amide bonds. The maximum Gasteiger partial charge on any atom is 0.338 e. The van der Waals surface area contributed by atoms with Crippen LogP contribution < -0.4 is 14.9 Å². The Hall–Kier alpha value is -5.09. The number of non-ortho nitro benzene ring substituents is 1. The Morgan fingerprint density at radius 2 is 1.79 bits per heavy atom. The van der Waals surface area contributed by atoms with Crippen molar-refractivity contribution >= 4 is 40.0 Å². The monoisotopic (exact) mass is 578 g/mol. The number of methoxy groups -OCH3 is 1. The molecule has 1 atom stereocenters. The minimum Gasteiger partial charge on any atom is -0.466 e. The van der Waals surface area contributed by atoms with Crippen molar-refractivity contribution in [2.24, 2.45) is 4.99 Å². The molecule has 1 aliphatic heterocycles. The number of nitrogens with zero attached hydrogens (tertiary/aromatic N) is 4. The zero-order valence-corrected chi connectivity index (χ0v) is 23.7. The number of hydrogen-bond acceptors (Lipinski definition) is 7. The molecule has 1 aliphatic rings. The summed E-state index contributed by atoms with van der Waals surface area (Å²) in [6, 6.07) is 23.2. The van der Waals surface area contributed by atoms with E-state index in [1.807, 2.05) is 73.8 Å². The highest BCUT2D eigenvalue weighted by Gasteiger charge is 2.33. The van der Waals surface area contributed by atoms with Gasteiger partial charge in [0.25, 0.3) is 11.2 Å². The van der Waals surface area contributed by atoms with Gasteiger partial charge in [0.1, 0.15) is 0 Å². The fourth-order valence-corrected chi connectivity index (χ4v) is 6.41. The lowest BCUT2D eigenvalue weighted by Crippen LogP contribution is -2.40. The molecule has 0 radical (unpaired) electrons. The molecule has 10 heteroatoms. The number of aromatic nitrogens is 2. The van der Waals surface area contributed by atoms with Crippen LogP contribution in [0.3, 0.4) is 0 Å². The van der Waals surface area contributed by atoms with Crippen molar-refractivity contribution in [3.8, 4) is 0 Å². The number of hydrogen-bond donors (Lipinski definition) is 0. The summed E-state index contributed by atoms with van der Waals surface area (Å²) in [6.45, 7) is 2.43. The van der Waals surface area contributed by atoms with Crippen LogP contribution in [-0.4, -0.2) is 27.1 Å². The summed E-state index contributed by atoms with van der Waals surface area (Å²) in [5.74, 6) is -0.506. The van der Waals surface area contributed by atoms with Gasteiger partial charge >= 0.3 is 5.97 Å². The van der Waals surface area contributed by atoms with Gasteiger partial charge in [0.05, 0.1) is 33.9 Å². The molecule has 0 saturated carbocycles. The Balaban J connectivity index is 1.49. The van der Waals surface area contributed by atoms with Crippen molar-refractivity contribution in [2.75, 3.05) is 7.11 Å². The molecular formula is C32H26N4O5S. The first-order valence-electron chi connectivity index (χ1n) is 13.4. The van der Waals surface area contributed by atoms with E-state index in [2.05, 4.69) is 4.57 Å². The van der Waals surface area contributed by atoms with Crippen molar-refractivity contribution in [3.05, 3.63) is 143 Å². The molecule has 0 aliphatic carbocycles. The molecule has 0 saturated heterocycles. The van der Waals surface area contributed by atoms with Crippen LogP contribution >= 0.6 is 11.3 Å². The van der Waals surface area contributed by atoms with Crippen molar-refractivity contribution in [1.29, 1.82) is 0 Å². The van der Waals surface area contributed by atoms with E-state index < -0.39 is 16.9 Å². The van der Waals surface area contributed by atoms with E-state index in [-0.39, 0.29) is 11.2 Å². The largest absolute Gasteiger partial charge is 0.466 e. The number of rotatable bonds is 7. The number of allylic oxidation sites excluding steroid dienone is 1. The fraction of sp³-hybridized carbons (Fsp3) is 0.156. The van der Waals surface area contributed by atoms with Crippen molar-refractivity contribution in [3.63, 3.8) is 0 Å². The number of thiazole rings is 1. The number of ether oxygens (including phenoxy) is 1. The summed E-state index contributed by atoms with van der Waals surface area (Å²) >= 11 is 1.29. The van der Waals surface area contributed by atoms with E-state index in [1.54, 1.807) is 16.7 Å². The number of benzene rings is 3. The summed E-state index contributed by atoms with van der Waals surface area (Å²) < 4.78 is 9.29. The second kappa shape index (κ2) is 11.1. The fourth-order valence-electron chi connectivity index (χ4n) is 5.40. The molecule has 0 spiro atoms. The molecule has 0 fully saturated rings. The molecular weight excluding hydrogens is 552 g/mol. The van der Waals surface area contributed by atoms with Crippen LogP contribution in [0.1, 0.15) is 36.1 Å². The summed E-state index contributed by atoms with van der Waals surface area (Å²) in [5, 5.41) is 12.0. The number of carbonyl (C=O) groups is 1. The van der Waals surface area contributed by atoms with Crippen LogP contribution in [0, 0.1) is 10.1 Å². The molecule has 0 bridgehead atoms. The number of nitro benzene ring substituents is 1. The third-order valence-electron chi connectivity index (χ3n) is 7.37. The highest BCUT2D eigenvalue weighted by atomic mass is 32.1. The van der Waals surface area contributed by atoms with E-state index in [0.717, 1.165) is 27.6 Å². The first-order chi connectivity index (χ1) is 20.4. The van der Waals surface area contributed by atoms with Crippen LogP contribution in [0.2, 0.25) is 0 Å². The molecule has 3 aromatic carbocycles. The molecule has 0 N–H and O–H groups in total. The van der Waals surface area contributed by atoms with E-state index in [0.29, 0.717) is 33.6 Å². The minimum atomic E-state index is -0.657. The normalized spacial score (nSPS) is 15.0. The van der Waals surface area contributed by atoms with Gasteiger partial charge in [-0.1, -0.05) is 78.9 Å². The summed E-state index contributed by atoms with van der Waals surface area (Å²) in [5.41, 5.74) is 4.31. The Labute approximate surface area is 244 Å². The summed E-state index contributed by atoms with van der Waals surface area (Å²) in [7, 11) is 1.34. The molecule has 5 aromatic rings. The van der Waals surface area contributed by atoms with Crippen LogP contribution in [-0.2, 0) is 16.1 Å². The number of carbonyl (C=O) groups excluding carboxylic acids is 1. The molecule has 2 aromatic heterocycles. The second-order valence-electron chi connectivity index (χ2n) is 9.85. The average molecular weight is 579 g/mol. The van der Waals surface area contributed by atoms with E-state index in [1.165, 1.54) is 30.6 Å². The number of fused-ring (bicyclic) bond motifs is 2. The third-order valence-corrected chi connectivity index (χ3v) is 8.35. The Bertz CT molecular complexity index is 2050. The Kier molecular flexibility index (Phi) is 7.13. The standard InChI is InChI=1S/C32H26N4O5S/c1-3-25-28(31(38)41-2)29(21-9-5-4-6-10-21)35-30(37)27(42-32(35)33-25)17-22-19-34(26-12-8-7-11-24(22)26)18-20-13-15-23(16-14-20)36(39)40/h4-17,19,29H,3,18H2,1-2H3/b27-17+/t29-/m1/s1. The van der Waals surface area contributed by atoms with E-state index in [4.69, 9.17) is 9.73 Å². The molecule has 3 heterocycles. The van der Waals surface area contributed by atoms with Gasteiger partial charge in [0, 0.05) is 41.3 Å². The summed E-state index contributed by atoms with van der Waals surface area (Å²) in [4.78, 5) is 42.9. The maximum absolute atomic E-state index is 14.0. The summed E-state index contributed by atoms with van der Waals surface area (Å²) in [6.07, 6.45) is 4.36. The van der Waals surface area contributed by atoms with Crippen LogP contribution in [0.4, 0.5) is 5.69 Å². The van der Waals surface area contributed by atoms with E-state index >= 15 is 0 Å². The minimum absolute atomic E-state index is 0.0440. The molecule has 0 unspecified atom stereocenters. The highest BCUT2D eigenvalue weighted by molar-refractivity contribution is 7.07.